The van der Waals surface area contributed by atoms with Crippen LogP contribution in [0.15, 0.2) is 0 Å². The Morgan fingerprint density at radius 1 is 1.25 bits per heavy atom. The molecular formula is C14H30N2. The third kappa shape index (κ3) is 5.31. The van der Waals surface area contributed by atoms with Gasteiger partial charge < -0.3 is 10.2 Å². The first kappa shape index (κ1) is 14.0. The monoisotopic (exact) mass is 226 g/mol. The van der Waals surface area contributed by atoms with Crippen LogP contribution in [0, 0.1) is 11.3 Å². The maximum Gasteiger partial charge on any atom is 0.00698 e. The minimum atomic E-state index is 0.379. The molecule has 1 fully saturated rings. The Bertz CT molecular complexity index is 199. The summed E-state index contributed by atoms with van der Waals surface area (Å²) in [6, 6.07) is 0.769. The Morgan fingerprint density at radius 2 is 1.94 bits per heavy atom. The summed E-state index contributed by atoms with van der Waals surface area (Å²) in [6.07, 6.45) is 5.59. The molecule has 0 aromatic carbocycles. The molecule has 2 unspecified atom stereocenters. The van der Waals surface area contributed by atoms with Gasteiger partial charge in [-0.05, 0) is 38.3 Å². The van der Waals surface area contributed by atoms with E-state index in [-0.39, 0.29) is 0 Å². The molecular weight excluding hydrogens is 196 g/mol. The highest BCUT2D eigenvalue weighted by Gasteiger charge is 2.23. The molecule has 0 heterocycles. The summed E-state index contributed by atoms with van der Waals surface area (Å²) < 4.78 is 0. The molecule has 1 rings (SSSR count). The molecule has 16 heavy (non-hydrogen) atoms. The predicted octanol–water partition coefficient (Wildman–Crippen LogP) is 2.74. The predicted molar refractivity (Wildman–Crippen MR) is 71.8 cm³/mol. The van der Waals surface area contributed by atoms with Gasteiger partial charge in [-0.2, -0.15) is 0 Å². The van der Waals surface area contributed by atoms with E-state index in [0.29, 0.717) is 5.41 Å². The highest BCUT2D eigenvalue weighted by molar-refractivity contribution is 4.80. The van der Waals surface area contributed by atoms with Gasteiger partial charge in [0.1, 0.15) is 0 Å². The fourth-order valence-electron chi connectivity index (χ4n) is 2.95. The first-order valence-corrected chi connectivity index (χ1v) is 6.77. The van der Waals surface area contributed by atoms with Crippen LogP contribution >= 0.6 is 0 Å². The van der Waals surface area contributed by atoms with Crippen LogP contribution in [-0.2, 0) is 0 Å². The molecule has 0 aromatic heterocycles. The Balaban J connectivity index is 2.27. The molecule has 0 aliphatic heterocycles. The van der Waals surface area contributed by atoms with Gasteiger partial charge in [0.2, 0.25) is 0 Å². The number of hydrogen-bond acceptors (Lipinski definition) is 2. The molecule has 0 amide bonds. The summed E-state index contributed by atoms with van der Waals surface area (Å²) in [4.78, 5) is 2.28. The Hall–Kier alpha value is -0.0800. The quantitative estimate of drug-likeness (QED) is 0.775. The average Bonchev–Trinajstić information content (AvgIpc) is 2.13. The van der Waals surface area contributed by atoms with E-state index >= 15 is 0 Å². The van der Waals surface area contributed by atoms with Crippen LogP contribution in [0.5, 0.6) is 0 Å². The van der Waals surface area contributed by atoms with Crippen molar-refractivity contribution in [2.45, 2.75) is 52.5 Å². The third-order valence-corrected chi connectivity index (χ3v) is 3.55. The Morgan fingerprint density at radius 3 is 2.50 bits per heavy atom. The van der Waals surface area contributed by atoms with E-state index in [1.165, 1.54) is 25.7 Å². The van der Waals surface area contributed by atoms with Crippen LogP contribution in [0.3, 0.4) is 0 Å². The van der Waals surface area contributed by atoms with Crippen LogP contribution in [0.4, 0.5) is 0 Å². The van der Waals surface area contributed by atoms with Crippen molar-refractivity contribution in [3.05, 3.63) is 0 Å². The topological polar surface area (TPSA) is 15.3 Å². The van der Waals surface area contributed by atoms with E-state index in [4.69, 9.17) is 0 Å². The molecule has 1 aliphatic rings. The fraction of sp³-hybridized carbons (Fsp3) is 1.00. The molecule has 0 radical (unpaired) electrons. The zero-order valence-corrected chi connectivity index (χ0v) is 11.8. The standard InChI is InChI=1S/C14H30N2/c1-12-7-6-8-13(9-12)15-10-14(2,3)11-16(4)5/h12-13,15H,6-11H2,1-5H3. The van der Waals surface area contributed by atoms with Crippen LogP contribution in [-0.4, -0.2) is 38.1 Å². The molecule has 1 aliphatic carbocycles. The molecule has 2 nitrogen and oxygen atoms in total. The number of rotatable bonds is 5. The highest BCUT2D eigenvalue weighted by atomic mass is 15.1. The van der Waals surface area contributed by atoms with E-state index in [9.17, 15) is 0 Å². The Kier molecular flexibility index (Phi) is 5.26. The van der Waals surface area contributed by atoms with E-state index in [1.54, 1.807) is 0 Å². The van der Waals surface area contributed by atoms with Gasteiger partial charge in [-0.1, -0.05) is 33.6 Å². The molecule has 2 heteroatoms. The van der Waals surface area contributed by atoms with E-state index in [1.807, 2.05) is 0 Å². The minimum absolute atomic E-state index is 0.379. The van der Waals surface area contributed by atoms with Gasteiger partial charge in [0.15, 0.2) is 0 Å². The molecule has 0 saturated heterocycles. The maximum absolute atomic E-state index is 3.77. The van der Waals surface area contributed by atoms with Gasteiger partial charge in [0.25, 0.3) is 0 Å². The molecule has 96 valence electrons. The van der Waals surface area contributed by atoms with Crippen molar-refractivity contribution in [3.8, 4) is 0 Å². The average molecular weight is 226 g/mol. The van der Waals surface area contributed by atoms with Crippen molar-refractivity contribution < 1.29 is 0 Å². The van der Waals surface area contributed by atoms with Gasteiger partial charge in [-0.3, -0.25) is 0 Å². The summed E-state index contributed by atoms with van der Waals surface area (Å²) in [5, 5.41) is 3.77. The minimum Gasteiger partial charge on any atom is -0.313 e. The zero-order chi connectivity index (χ0) is 12.2. The summed E-state index contributed by atoms with van der Waals surface area (Å²) >= 11 is 0. The Labute approximate surface area is 102 Å². The molecule has 0 spiro atoms. The molecule has 0 aromatic rings. The van der Waals surface area contributed by atoms with Gasteiger partial charge in [-0.25, -0.2) is 0 Å². The van der Waals surface area contributed by atoms with Crippen LogP contribution in [0.2, 0.25) is 0 Å². The second-order valence-electron chi connectivity index (χ2n) is 6.75. The van der Waals surface area contributed by atoms with Crippen molar-refractivity contribution in [1.82, 2.24) is 10.2 Å². The summed E-state index contributed by atoms with van der Waals surface area (Å²) in [5.74, 6) is 0.920. The molecule has 2 atom stereocenters. The van der Waals surface area contributed by atoms with Crippen molar-refractivity contribution in [3.63, 3.8) is 0 Å². The van der Waals surface area contributed by atoms with Gasteiger partial charge >= 0.3 is 0 Å². The lowest BCUT2D eigenvalue weighted by Crippen LogP contribution is -2.43. The molecule has 1 N–H and O–H groups in total. The first-order chi connectivity index (χ1) is 7.39. The second-order valence-corrected chi connectivity index (χ2v) is 6.75. The smallest absolute Gasteiger partial charge is 0.00698 e. The lowest BCUT2D eigenvalue weighted by atomic mass is 9.86. The zero-order valence-electron chi connectivity index (χ0n) is 11.8. The SMILES string of the molecule is CC1CCCC(NCC(C)(C)CN(C)C)C1. The summed E-state index contributed by atoms with van der Waals surface area (Å²) in [5.41, 5.74) is 0.379. The van der Waals surface area contributed by atoms with Gasteiger partial charge in [0, 0.05) is 19.1 Å². The van der Waals surface area contributed by atoms with Crippen LogP contribution < -0.4 is 5.32 Å². The van der Waals surface area contributed by atoms with E-state index < -0.39 is 0 Å². The maximum atomic E-state index is 3.77. The van der Waals surface area contributed by atoms with Crippen molar-refractivity contribution in [1.29, 1.82) is 0 Å². The van der Waals surface area contributed by atoms with Gasteiger partial charge in [-0.15, -0.1) is 0 Å². The van der Waals surface area contributed by atoms with E-state index in [0.717, 1.165) is 25.0 Å². The second kappa shape index (κ2) is 6.02. The lowest BCUT2D eigenvalue weighted by Gasteiger charge is -2.33. The number of nitrogens with one attached hydrogen (secondary N) is 1. The molecule has 0 bridgehead atoms. The highest BCUT2D eigenvalue weighted by Crippen LogP contribution is 2.24. The normalized spacial score (nSPS) is 27.4. The first-order valence-electron chi connectivity index (χ1n) is 6.77. The number of hydrogen-bond donors (Lipinski definition) is 1. The number of nitrogens with zero attached hydrogens (tertiary/aromatic N) is 1. The van der Waals surface area contributed by atoms with E-state index in [2.05, 4.69) is 45.1 Å². The third-order valence-electron chi connectivity index (χ3n) is 3.55. The van der Waals surface area contributed by atoms with Crippen molar-refractivity contribution in [2.24, 2.45) is 11.3 Å². The van der Waals surface area contributed by atoms with Crippen molar-refractivity contribution in [2.75, 3.05) is 27.2 Å². The van der Waals surface area contributed by atoms with Gasteiger partial charge in [0.05, 0.1) is 0 Å². The summed E-state index contributed by atoms with van der Waals surface area (Å²) in [7, 11) is 4.31. The summed E-state index contributed by atoms with van der Waals surface area (Å²) in [6.45, 7) is 9.39. The van der Waals surface area contributed by atoms with Crippen LogP contribution in [0.1, 0.15) is 46.5 Å². The van der Waals surface area contributed by atoms with Crippen molar-refractivity contribution >= 4 is 0 Å². The molecule has 1 saturated carbocycles. The largest absolute Gasteiger partial charge is 0.313 e. The fourth-order valence-corrected chi connectivity index (χ4v) is 2.95. The lowest BCUT2D eigenvalue weighted by molar-refractivity contribution is 0.208. The van der Waals surface area contributed by atoms with Crippen LogP contribution in [0.25, 0.3) is 0 Å².